The van der Waals surface area contributed by atoms with Gasteiger partial charge in [0, 0.05) is 49.0 Å². The SMILES string of the molecule is C#Cc1c(F)ccc2cccc(-c3nc4c5c(nc(OC[C@@]67CCCN6C[C@H](F)C7)nc5c3F)N3C[C@@H](CC)N(C(=O)OI)C[C@H]3C[C@H]4CC)c12. The van der Waals surface area contributed by atoms with Gasteiger partial charge in [-0.05, 0) is 50.1 Å². The minimum absolute atomic E-state index is 0.00726. The van der Waals surface area contributed by atoms with Gasteiger partial charge < -0.3 is 17.6 Å². The Hall–Kier alpha value is -3.90. The second kappa shape index (κ2) is 13.3. The molecule has 0 spiro atoms. The highest BCUT2D eigenvalue weighted by molar-refractivity contribution is 14.1. The van der Waals surface area contributed by atoms with Gasteiger partial charge in [0.2, 0.25) is 0 Å². The maximum atomic E-state index is 17.4. The molecule has 0 unspecified atom stereocenters. The van der Waals surface area contributed by atoms with E-state index in [-0.39, 0.29) is 47.4 Å². The molecule has 0 aliphatic carbocycles. The van der Waals surface area contributed by atoms with Crippen LogP contribution in [0.3, 0.4) is 0 Å². The smallest absolute Gasteiger partial charge is 0.419 e. The molecule has 4 aliphatic rings. The summed E-state index contributed by atoms with van der Waals surface area (Å²) < 4.78 is 58.7. The fraction of sp³-hybridized carbons (Fsp3) is 0.474. The molecule has 0 bridgehead atoms. The van der Waals surface area contributed by atoms with Crippen molar-refractivity contribution in [2.45, 2.75) is 82.1 Å². The fourth-order valence-electron chi connectivity index (χ4n) is 9.08. The molecule has 51 heavy (non-hydrogen) atoms. The van der Waals surface area contributed by atoms with E-state index in [1.807, 2.05) is 6.92 Å². The minimum atomic E-state index is -0.939. The standard InChI is InChI=1S/C38H38F3IN6O3/c1-4-21-15-25-19-48(37(49)51-42)24(5-2)18-47(25)35-30-32(21)43-33(27-10-7-9-22-11-12-28(40)26(6-3)29(22)27)31(41)34(30)44-36(45-35)50-20-38-13-8-14-46(38)17-23(39)16-38/h3,7,9-12,21,23-25H,4-5,8,13-20H2,1-2H3/t21-,23-,24-,25-,38+/m1/s1. The van der Waals surface area contributed by atoms with Crippen LogP contribution in [0, 0.1) is 24.0 Å². The summed E-state index contributed by atoms with van der Waals surface area (Å²) in [5.74, 6) is 1.53. The lowest BCUT2D eigenvalue weighted by atomic mass is 9.90. The summed E-state index contributed by atoms with van der Waals surface area (Å²) in [6.45, 7) is 6.23. The van der Waals surface area contributed by atoms with E-state index >= 15 is 8.78 Å². The third-order valence-corrected chi connectivity index (χ3v) is 12.0. The highest BCUT2D eigenvalue weighted by Gasteiger charge is 2.50. The molecule has 3 fully saturated rings. The zero-order chi connectivity index (χ0) is 35.6. The van der Waals surface area contributed by atoms with Crippen molar-refractivity contribution in [1.29, 1.82) is 0 Å². The second-order valence-electron chi connectivity index (χ2n) is 14.3. The van der Waals surface area contributed by atoms with Gasteiger partial charge in [0.15, 0.2) is 28.8 Å². The third-order valence-electron chi connectivity index (χ3n) is 11.6. The quantitative estimate of drug-likeness (QED) is 0.145. The first kappa shape index (κ1) is 34.2. The number of carbonyl (C=O) groups excluding carboxylic acids is 1. The maximum Gasteiger partial charge on any atom is 0.419 e. The molecular formula is C38H38F3IN6O3. The van der Waals surface area contributed by atoms with Gasteiger partial charge in [-0.15, -0.1) is 6.42 Å². The molecule has 9 nitrogen and oxygen atoms in total. The Kier molecular flexibility index (Phi) is 8.89. The summed E-state index contributed by atoms with van der Waals surface area (Å²) in [4.78, 5) is 33.8. The Labute approximate surface area is 308 Å². The lowest BCUT2D eigenvalue weighted by Gasteiger charge is -2.46. The summed E-state index contributed by atoms with van der Waals surface area (Å²) in [6.07, 6.45) is 8.51. The lowest BCUT2D eigenvalue weighted by molar-refractivity contribution is 0.107. The Balaban J connectivity index is 1.34. The highest BCUT2D eigenvalue weighted by Crippen LogP contribution is 2.46. The number of rotatable bonds is 6. The van der Waals surface area contributed by atoms with Crippen LogP contribution in [0.15, 0.2) is 30.3 Å². The Morgan fingerprint density at radius 2 is 1.94 bits per heavy atom. The van der Waals surface area contributed by atoms with Gasteiger partial charge in [-0.3, -0.25) is 4.90 Å². The van der Waals surface area contributed by atoms with Gasteiger partial charge in [0.1, 0.15) is 35.6 Å². The van der Waals surface area contributed by atoms with E-state index in [2.05, 4.69) is 22.6 Å². The number of terminal acetylenes is 1. The van der Waals surface area contributed by atoms with Gasteiger partial charge in [-0.1, -0.05) is 44.0 Å². The molecule has 4 aliphatic heterocycles. The molecular weight excluding hydrogens is 772 g/mol. The Morgan fingerprint density at radius 3 is 2.71 bits per heavy atom. The number of nitrogens with zero attached hydrogens (tertiary/aromatic N) is 6. The topological polar surface area (TPSA) is 83.9 Å². The van der Waals surface area contributed by atoms with Gasteiger partial charge >= 0.3 is 12.1 Å². The third kappa shape index (κ3) is 5.55. The zero-order valence-corrected chi connectivity index (χ0v) is 30.6. The van der Waals surface area contributed by atoms with Crippen LogP contribution < -0.4 is 9.64 Å². The monoisotopic (exact) mass is 810 g/mol. The van der Waals surface area contributed by atoms with Crippen molar-refractivity contribution in [3.05, 3.63) is 53.2 Å². The number of piperazine rings is 1. The van der Waals surface area contributed by atoms with E-state index in [1.165, 1.54) is 6.07 Å². The summed E-state index contributed by atoms with van der Waals surface area (Å²) >= 11 is 1.62. The number of halogens is 4. The van der Waals surface area contributed by atoms with E-state index in [9.17, 15) is 9.18 Å². The molecule has 1 amide bonds. The van der Waals surface area contributed by atoms with Crippen molar-refractivity contribution in [1.82, 2.24) is 24.8 Å². The summed E-state index contributed by atoms with van der Waals surface area (Å²) in [5, 5.41) is 1.54. The van der Waals surface area contributed by atoms with Crippen molar-refractivity contribution in [3.8, 4) is 29.6 Å². The van der Waals surface area contributed by atoms with Crippen LogP contribution in [0.5, 0.6) is 6.01 Å². The average molecular weight is 811 g/mol. The number of carbonyl (C=O) groups is 1. The first-order chi connectivity index (χ1) is 24.7. The van der Waals surface area contributed by atoms with E-state index in [1.54, 1.807) is 52.2 Å². The molecule has 3 saturated heterocycles. The number of anilines is 1. The fourth-order valence-corrected chi connectivity index (χ4v) is 9.33. The first-order valence-electron chi connectivity index (χ1n) is 17.7. The maximum absolute atomic E-state index is 17.4. The lowest BCUT2D eigenvalue weighted by Crippen LogP contribution is -2.60. The number of pyridine rings is 1. The van der Waals surface area contributed by atoms with Crippen LogP contribution in [-0.2, 0) is 3.07 Å². The minimum Gasteiger partial charge on any atom is -0.461 e. The van der Waals surface area contributed by atoms with Crippen LogP contribution in [0.1, 0.15) is 69.5 Å². The molecule has 2 aromatic heterocycles. The summed E-state index contributed by atoms with van der Waals surface area (Å²) in [7, 11) is 0. The second-order valence-corrected chi connectivity index (χ2v) is 14.7. The molecule has 0 N–H and O–H groups in total. The molecule has 266 valence electrons. The normalized spacial score (nSPS) is 25.8. The number of amides is 1. The summed E-state index contributed by atoms with van der Waals surface area (Å²) in [5.41, 5.74) is 0.606. The first-order valence-corrected chi connectivity index (χ1v) is 18.5. The van der Waals surface area contributed by atoms with Crippen molar-refractivity contribution < 1.29 is 25.8 Å². The van der Waals surface area contributed by atoms with Gasteiger partial charge in [0.25, 0.3) is 0 Å². The predicted octanol–water partition coefficient (Wildman–Crippen LogP) is 7.71. The van der Waals surface area contributed by atoms with E-state index in [0.29, 0.717) is 78.6 Å². The predicted molar refractivity (Wildman–Crippen MR) is 197 cm³/mol. The van der Waals surface area contributed by atoms with Gasteiger partial charge in [-0.2, -0.15) is 9.97 Å². The number of fused-ring (bicyclic) bond motifs is 4. The van der Waals surface area contributed by atoms with Gasteiger partial charge in [-0.25, -0.2) is 22.9 Å². The van der Waals surface area contributed by atoms with Crippen molar-refractivity contribution in [2.24, 2.45) is 0 Å². The van der Waals surface area contributed by atoms with E-state index < -0.39 is 29.4 Å². The number of aromatic nitrogens is 3. The van der Waals surface area contributed by atoms with Crippen LogP contribution >= 0.6 is 23.0 Å². The van der Waals surface area contributed by atoms with Crippen molar-refractivity contribution >= 4 is 56.6 Å². The van der Waals surface area contributed by atoms with Crippen LogP contribution in [0.2, 0.25) is 0 Å². The van der Waals surface area contributed by atoms with E-state index in [4.69, 9.17) is 29.2 Å². The Morgan fingerprint density at radius 1 is 1.10 bits per heavy atom. The van der Waals surface area contributed by atoms with Crippen LogP contribution in [0.4, 0.5) is 23.8 Å². The average Bonchev–Trinajstić information content (AvgIpc) is 3.63. The number of hydrogen-bond acceptors (Lipinski definition) is 8. The highest BCUT2D eigenvalue weighted by atomic mass is 127. The number of hydrogen-bond donors (Lipinski definition) is 0. The number of alkyl halides is 1. The largest absolute Gasteiger partial charge is 0.461 e. The molecule has 6 heterocycles. The van der Waals surface area contributed by atoms with Crippen LogP contribution in [-0.4, -0.2) is 87.4 Å². The number of benzene rings is 2. The zero-order valence-electron chi connectivity index (χ0n) is 28.5. The molecule has 5 atom stereocenters. The Bertz CT molecular complexity index is 2100. The van der Waals surface area contributed by atoms with Gasteiger partial charge in [0.05, 0.1) is 28.2 Å². The van der Waals surface area contributed by atoms with E-state index in [0.717, 1.165) is 19.4 Å². The van der Waals surface area contributed by atoms with Crippen molar-refractivity contribution in [3.63, 3.8) is 0 Å². The summed E-state index contributed by atoms with van der Waals surface area (Å²) in [6, 6.07) is 7.83. The van der Waals surface area contributed by atoms with Crippen LogP contribution in [0.25, 0.3) is 32.9 Å². The number of ether oxygens (including phenoxy) is 1. The molecule has 4 aromatic rings. The molecule has 0 saturated carbocycles. The van der Waals surface area contributed by atoms with Crippen molar-refractivity contribution in [2.75, 3.05) is 37.7 Å². The molecule has 2 aromatic carbocycles. The molecule has 8 rings (SSSR count). The molecule has 0 radical (unpaired) electrons. The molecule has 13 heteroatoms.